The van der Waals surface area contributed by atoms with Crippen molar-refractivity contribution < 1.29 is 4.74 Å². The average molecular weight is 301 g/mol. The van der Waals surface area contributed by atoms with Crippen LogP contribution in [0.1, 0.15) is 19.5 Å². The number of hydrogen-bond donors (Lipinski definition) is 0. The van der Waals surface area contributed by atoms with Crippen molar-refractivity contribution in [3.63, 3.8) is 0 Å². The Morgan fingerprint density at radius 2 is 2.15 bits per heavy atom. The van der Waals surface area contributed by atoms with Gasteiger partial charge in [-0.15, -0.1) is 0 Å². The average Bonchev–Trinajstić information content (AvgIpc) is 2.80. The van der Waals surface area contributed by atoms with E-state index in [0.29, 0.717) is 11.2 Å². The zero-order valence-corrected chi connectivity index (χ0v) is 13.4. The van der Waals surface area contributed by atoms with Crippen molar-refractivity contribution in [1.29, 1.82) is 0 Å². The topological polar surface area (TPSA) is 33.5 Å². The molecular weight excluding hydrogens is 276 g/mol. The molecule has 0 spiro atoms. The van der Waals surface area contributed by atoms with Gasteiger partial charge in [-0.3, -0.25) is 9.80 Å². The van der Waals surface area contributed by atoms with Crippen LogP contribution in [-0.4, -0.2) is 65.3 Å². The van der Waals surface area contributed by atoms with Crippen LogP contribution < -0.4 is 0 Å². The lowest BCUT2D eigenvalue weighted by atomic mass is 10.2. The van der Waals surface area contributed by atoms with Gasteiger partial charge >= 0.3 is 0 Å². The second kappa shape index (κ2) is 7.41. The van der Waals surface area contributed by atoms with Crippen molar-refractivity contribution in [2.75, 3.05) is 39.9 Å². The van der Waals surface area contributed by atoms with Crippen LogP contribution in [0.3, 0.4) is 0 Å². The highest BCUT2D eigenvalue weighted by Gasteiger charge is 2.19. The Balaban J connectivity index is 1.89. The fourth-order valence-electron chi connectivity index (χ4n) is 2.50. The molecular formula is C14H25ClN4O. The molecule has 1 aliphatic rings. The van der Waals surface area contributed by atoms with Gasteiger partial charge in [-0.05, 0) is 20.9 Å². The molecule has 1 atom stereocenters. The van der Waals surface area contributed by atoms with Gasteiger partial charge in [0.2, 0.25) is 0 Å². The number of likely N-dealkylation sites (N-methyl/N-ethyl adjacent to an activating group) is 1. The molecule has 0 saturated carbocycles. The third-order valence-corrected chi connectivity index (χ3v) is 4.33. The van der Waals surface area contributed by atoms with E-state index in [9.17, 15) is 0 Å². The van der Waals surface area contributed by atoms with Gasteiger partial charge in [0.15, 0.2) is 5.15 Å². The van der Waals surface area contributed by atoms with Crippen molar-refractivity contribution in [1.82, 2.24) is 19.4 Å². The first kappa shape index (κ1) is 15.8. The zero-order chi connectivity index (χ0) is 14.5. The maximum absolute atomic E-state index is 6.18. The summed E-state index contributed by atoms with van der Waals surface area (Å²) < 4.78 is 7.50. The third-order valence-electron chi connectivity index (χ3n) is 4.01. The molecule has 0 amide bonds. The molecule has 6 heteroatoms. The summed E-state index contributed by atoms with van der Waals surface area (Å²) >= 11 is 6.18. The fraction of sp³-hybridized carbons (Fsp3) is 0.786. The maximum atomic E-state index is 6.18. The molecule has 0 aliphatic carbocycles. The number of imidazole rings is 1. The second-order valence-electron chi connectivity index (χ2n) is 5.45. The molecule has 114 valence electrons. The summed E-state index contributed by atoms with van der Waals surface area (Å²) in [5.41, 5.74) is 1.10. The summed E-state index contributed by atoms with van der Waals surface area (Å²) in [5.74, 6) is 0. The Bertz CT molecular complexity index is 417. The molecule has 1 fully saturated rings. The fourth-order valence-corrected chi connectivity index (χ4v) is 2.71. The Hall–Kier alpha value is -0.620. The minimum Gasteiger partial charge on any atom is -0.379 e. The summed E-state index contributed by atoms with van der Waals surface area (Å²) in [4.78, 5) is 8.99. The Morgan fingerprint density at radius 1 is 1.45 bits per heavy atom. The highest BCUT2D eigenvalue weighted by molar-refractivity contribution is 6.30. The van der Waals surface area contributed by atoms with Gasteiger partial charge in [-0.2, -0.15) is 0 Å². The molecule has 20 heavy (non-hydrogen) atoms. The Morgan fingerprint density at radius 3 is 2.80 bits per heavy atom. The summed E-state index contributed by atoms with van der Waals surface area (Å²) in [5, 5.41) is 0.622. The predicted molar refractivity (Wildman–Crippen MR) is 81.1 cm³/mol. The van der Waals surface area contributed by atoms with Gasteiger partial charge in [0.05, 0.1) is 25.2 Å². The van der Waals surface area contributed by atoms with Crippen LogP contribution in [0.25, 0.3) is 0 Å². The standard InChI is InChI=1S/C14H25ClN4O/c1-4-19-11-16-14(15)13(19)10-17(3)12(2)9-18-5-7-20-8-6-18/h11-12H,4-10H2,1-3H3. The van der Waals surface area contributed by atoms with Gasteiger partial charge in [0.1, 0.15) is 0 Å². The molecule has 0 radical (unpaired) electrons. The summed E-state index contributed by atoms with van der Waals surface area (Å²) in [7, 11) is 2.15. The van der Waals surface area contributed by atoms with Crippen LogP contribution in [0.4, 0.5) is 0 Å². The van der Waals surface area contributed by atoms with E-state index in [1.165, 1.54) is 0 Å². The molecule has 5 nitrogen and oxygen atoms in total. The Labute approximate surface area is 126 Å². The first-order chi connectivity index (χ1) is 9.61. The minimum absolute atomic E-state index is 0.476. The molecule has 1 aliphatic heterocycles. The van der Waals surface area contributed by atoms with E-state index in [0.717, 1.165) is 51.6 Å². The smallest absolute Gasteiger partial charge is 0.151 e. The number of aryl methyl sites for hydroxylation is 1. The van der Waals surface area contributed by atoms with E-state index in [4.69, 9.17) is 16.3 Å². The lowest BCUT2D eigenvalue weighted by Crippen LogP contribution is -2.45. The molecule has 1 unspecified atom stereocenters. The SMILES string of the molecule is CCn1cnc(Cl)c1CN(C)C(C)CN1CCOCC1. The van der Waals surface area contributed by atoms with Crippen LogP contribution in [0.5, 0.6) is 0 Å². The molecule has 0 N–H and O–H groups in total. The largest absolute Gasteiger partial charge is 0.379 e. The van der Waals surface area contributed by atoms with Crippen molar-refractivity contribution in [2.45, 2.75) is 33.0 Å². The highest BCUT2D eigenvalue weighted by atomic mass is 35.5. The first-order valence-electron chi connectivity index (χ1n) is 7.31. The van der Waals surface area contributed by atoms with E-state index >= 15 is 0 Å². The second-order valence-corrected chi connectivity index (χ2v) is 5.80. The highest BCUT2D eigenvalue weighted by Crippen LogP contribution is 2.17. The molecule has 0 aromatic carbocycles. The van der Waals surface area contributed by atoms with Crippen molar-refractivity contribution in [2.24, 2.45) is 0 Å². The first-order valence-corrected chi connectivity index (χ1v) is 7.69. The Kier molecular flexibility index (Phi) is 5.84. The quantitative estimate of drug-likeness (QED) is 0.801. The van der Waals surface area contributed by atoms with Gasteiger partial charge < -0.3 is 9.30 Å². The van der Waals surface area contributed by atoms with Gasteiger partial charge in [0.25, 0.3) is 0 Å². The molecule has 0 bridgehead atoms. The third kappa shape index (κ3) is 3.95. The lowest BCUT2D eigenvalue weighted by molar-refractivity contribution is 0.0260. The van der Waals surface area contributed by atoms with Crippen LogP contribution in [0, 0.1) is 0 Å². The number of hydrogen-bond acceptors (Lipinski definition) is 4. The molecule has 1 saturated heterocycles. The van der Waals surface area contributed by atoms with E-state index in [1.54, 1.807) is 0 Å². The van der Waals surface area contributed by atoms with E-state index < -0.39 is 0 Å². The molecule has 2 heterocycles. The number of halogens is 1. The van der Waals surface area contributed by atoms with Gasteiger partial charge in [-0.25, -0.2) is 4.98 Å². The lowest BCUT2D eigenvalue weighted by Gasteiger charge is -2.33. The summed E-state index contributed by atoms with van der Waals surface area (Å²) in [6.07, 6.45) is 1.82. The number of morpholine rings is 1. The molecule has 2 rings (SSSR count). The van der Waals surface area contributed by atoms with Crippen LogP contribution >= 0.6 is 11.6 Å². The van der Waals surface area contributed by atoms with E-state index in [-0.39, 0.29) is 0 Å². The van der Waals surface area contributed by atoms with Gasteiger partial charge in [-0.1, -0.05) is 11.6 Å². The zero-order valence-electron chi connectivity index (χ0n) is 12.7. The normalized spacial score (nSPS) is 18.6. The van der Waals surface area contributed by atoms with Crippen molar-refractivity contribution in [3.05, 3.63) is 17.2 Å². The van der Waals surface area contributed by atoms with Crippen LogP contribution in [0.15, 0.2) is 6.33 Å². The number of rotatable bonds is 6. The van der Waals surface area contributed by atoms with Crippen LogP contribution in [-0.2, 0) is 17.8 Å². The van der Waals surface area contributed by atoms with Gasteiger partial charge in [0, 0.05) is 38.8 Å². The monoisotopic (exact) mass is 300 g/mol. The molecule has 1 aromatic heterocycles. The van der Waals surface area contributed by atoms with E-state index in [2.05, 4.69) is 40.2 Å². The maximum Gasteiger partial charge on any atom is 0.151 e. The van der Waals surface area contributed by atoms with Crippen LogP contribution in [0.2, 0.25) is 5.15 Å². The predicted octanol–water partition coefficient (Wildman–Crippen LogP) is 1.71. The summed E-state index contributed by atoms with van der Waals surface area (Å²) in [6.45, 7) is 10.9. The molecule has 1 aromatic rings. The number of ether oxygens (including phenoxy) is 1. The number of nitrogens with zero attached hydrogens (tertiary/aromatic N) is 4. The van der Waals surface area contributed by atoms with E-state index in [1.807, 2.05) is 6.33 Å². The van der Waals surface area contributed by atoms with Crippen molar-refractivity contribution >= 4 is 11.6 Å². The summed E-state index contributed by atoms with van der Waals surface area (Å²) in [6, 6.07) is 0.476. The number of aromatic nitrogens is 2. The van der Waals surface area contributed by atoms with Crippen molar-refractivity contribution in [3.8, 4) is 0 Å². The minimum atomic E-state index is 0.476.